The zero-order chi connectivity index (χ0) is 9.59. The van der Waals surface area contributed by atoms with Crippen LogP contribution in [0, 0.1) is 0 Å². The molecule has 0 amide bonds. The van der Waals surface area contributed by atoms with Gasteiger partial charge in [-0.25, -0.2) is 0 Å². The summed E-state index contributed by atoms with van der Waals surface area (Å²) in [5, 5.41) is 19.9. The van der Waals surface area contributed by atoms with Crippen LogP contribution < -0.4 is 0 Å². The molecule has 1 aliphatic carbocycles. The van der Waals surface area contributed by atoms with Crippen molar-refractivity contribution >= 4 is 23.2 Å². The first-order valence-corrected chi connectivity index (χ1v) is 4.69. The molecule has 0 radical (unpaired) electrons. The second-order valence-corrected chi connectivity index (χ2v) is 4.02. The number of halogens is 2. The summed E-state index contributed by atoms with van der Waals surface area (Å²) in [6.07, 6.45) is -1.22. The molecule has 0 unspecified atom stereocenters. The van der Waals surface area contributed by atoms with Crippen LogP contribution in [0.25, 0.3) is 0 Å². The molecule has 0 saturated heterocycles. The molecule has 0 fully saturated rings. The van der Waals surface area contributed by atoms with Crippen LogP contribution in [-0.2, 0) is 6.42 Å². The van der Waals surface area contributed by atoms with E-state index in [4.69, 9.17) is 23.2 Å². The van der Waals surface area contributed by atoms with Crippen molar-refractivity contribution in [3.63, 3.8) is 0 Å². The molecule has 13 heavy (non-hydrogen) atoms. The van der Waals surface area contributed by atoms with E-state index in [0.717, 1.165) is 5.56 Å². The molecule has 0 aromatic heterocycles. The average Bonchev–Trinajstić information content (AvgIpc) is 2.27. The number of fused-ring (bicyclic) bond motifs is 1. The smallest absolute Gasteiger partial charge is 0.107 e. The zero-order valence-corrected chi connectivity index (χ0v) is 8.18. The van der Waals surface area contributed by atoms with E-state index < -0.39 is 12.2 Å². The fourth-order valence-corrected chi connectivity index (χ4v) is 2.31. The Labute approximate surface area is 85.7 Å². The van der Waals surface area contributed by atoms with Gasteiger partial charge in [0, 0.05) is 22.0 Å². The number of aliphatic hydroxyl groups excluding tert-OH is 2. The molecule has 0 spiro atoms. The predicted octanol–water partition coefficient (Wildman–Crippen LogP) is 1.94. The van der Waals surface area contributed by atoms with Gasteiger partial charge in [0.25, 0.3) is 0 Å². The van der Waals surface area contributed by atoms with E-state index in [-0.39, 0.29) is 0 Å². The Morgan fingerprint density at radius 1 is 1.23 bits per heavy atom. The lowest BCUT2D eigenvalue weighted by atomic mass is 10.1. The van der Waals surface area contributed by atoms with E-state index in [1.807, 2.05) is 0 Å². The monoisotopic (exact) mass is 218 g/mol. The van der Waals surface area contributed by atoms with Crippen molar-refractivity contribution in [3.05, 3.63) is 33.3 Å². The van der Waals surface area contributed by atoms with Crippen LogP contribution in [0.15, 0.2) is 12.1 Å². The molecule has 70 valence electrons. The van der Waals surface area contributed by atoms with E-state index >= 15 is 0 Å². The molecule has 1 aromatic carbocycles. The lowest BCUT2D eigenvalue weighted by Crippen LogP contribution is -2.12. The molecule has 1 aromatic rings. The minimum atomic E-state index is -0.875. The van der Waals surface area contributed by atoms with Gasteiger partial charge in [0.1, 0.15) is 6.10 Å². The maximum atomic E-state index is 9.54. The van der Waals surface area contributed by atoms with Gasteiger partial charge in [-0.3, -0.25) is 0 Å². The topological polar surface area (TPSA) is 40.5 Å². The van der Waals surface area contributed by atoms with E-state index in [1.165, 1.54) is 0 Å². The third kappa shape index (κ3) is 1.44. The van der Waals surface area contributed by atoms with Gasteiger partial charge in [0.05, 0.1) is 6.10 Å². The lowest BCUT2D eigenvalue weighted by Gasteiger charge is -2.09. The molecular weight excluding hydrogens is 211 g/mol. The standard InChI is InChI=1S/C9H8Cl2O2/c10-5-1-4-2-7(12)9(13)8(4)6(11)3-5/h1,3,7,9,12-13H,2H2/t7-,9-/m1/s1. The number of rotatable bonds is 0. The predicted molar refractivity (Wildman–Crippen MR) is 51.1 cm³/mol. The average molecular weight is 219 g/mol. The van der Waals surface area contributed by atoms with Gasteiger partial charge in [-0.2, -0.15) is 0 Å². The van der Waals surface area contributed by atoms with Crippen LogP contribution in [0.4, 0.5) is 0 Å². The molecule has 2 nitrogen and oxygen atoms in total. The SMILES string of the molecule is O[C@@H]1Cc2cc(Cl)cc(Cl)c2[C@@H]1O. The molecule has 0 saturated carbocycles. The van der Waals surface area contributed by atoms with Gasteiger partial charge in [-0.15, -0.1) is 0 Å². The Morgan fingerprint density at radius 3 is 2.62 bits per heavy atom. The summed E-state index contributed by atoms with van der Waals surface area (Å²) in [4.78, 5) is 0. The number of hydrogen-bond acceptors (Lipinski definition) is 2. The molecular formula is C9H8Cl2O2. The highest BCUT2D eigenvalue weighted by Crippen LogP contribution is 2.38. The largest absolute Gasteiger partial charge is 0.390 e. The van der Waals surface area contributed by atoms with Gasteiger partial charge in [-0.1, -0.05) is 23.2 Å². The van der Waals surface area contributed by atoms with Crippen molar-refractivity contribution in [2.75, 3.05) is 0 Å². The van der Waals surface area contributed by atoms with Crippen molar-refractivity contribution in [1.29, 1.82) is 0 Å². The molecule has 2 N–H and O–H groups in total. The zero-order valence-electron chi connectivity index (χ0n) is 6.67. The minimum absolute atomic E-state index is 0.413. The summed E-state index contributed by atoms with van der Waals surface area (Å²) >= 11 is 11.7. The molecule has 2 rings (SSSR count). The van der Waals surface area contributed by atoms with Gasteiger partial charge in [0.15, 0.2) is 0 Å². The fourth-order valence-electron chi connectivity index (χ4n) is 1.67. The second-order valence-electron chi connectivity index (χ2n) is 3.18. The Balaban J connectivity index is 2.57. The van der Waals surface area contributed by atoms with Crippen molar-refractivity contribution in [1.82, 2.24) is 0 Å². The Bertz CT molecular complexity index is 352. The molecule has 2 atom stereocenters. The van der Waals surface area contributed by atoms with Crippen molar-refractivity contribution in [2.45, 2.75) is 18.6 Å². The Hall–Kier alpha value is -0.280. The maximum absolute atomic E-state index is 9.54. The lowest BCUT2D eigenvalue weighted by molar-refractivity contribution is 0.0327. The molecule has 4 heteroatoms. The first-order valence-electron chi connectivity index (χ1n) is 3.93. The first kappa shape index (κ1) is 9.28. The van der Waals surface area contributed by atoms with Crippen molar-refractivity contribution in [2.24, 2.45) is 0 Å². The van der Waals surface area contributed by atoms with E-state index in [1.54, 1.807) is 12.1 Å². The molecule has 1 aliphatic rings. The normalized spacial score (nSPS) is 26.2. The Morgan fingerprint density at radius 2 is 1.92 bits per heavy atom. The van der Waals surface area contributed by atoms with E-state index in [2.05, 4.69) is 0 Å². The highest BCUT2D eigenvalue weighted by molar-refractivity contribution is 6.35. The molecule has 0 aliphatic heterocycles. The number of benzene rings is 1. The minimum Gasteiger partial charge on any atom is -0.390 e. The number of hydrogen-bond donors (Lipinski definition) is 2. The van der Waals surface area contributed by atoms with Crippen LogP contribution in [0.5, 0.6) is 0 Å². The van der Waals surface area contributed by atoms with Gasteiger partial charge >= 0.3 is 0 Å². The Kier molecular flexibility index (Phi) is 2.24. The van der Waals surface area contributed by atoms with Crippen LogP contribution in [0.1, 0.15) is 17.2 Å². The van der Waals surface area contributed by atoms with Gasteiger partial charge in [0.2, 0.25) is 0 Å². The van der Waals surface area contributed by atoms with Crippen LogP contribution >= 0.6 is 23.2 Å². The van der Waals surface area contributed by atoms with Crippen LogP contribution in [-0.4, -0.2) is 16.3 Å². The molecule has 0 heterocycles. The maximum Gasteiger partial charge on any atom is 0.107 e. The van der Waals surface area contributed by atoms with Crippen molar-refractivity contribution in [3.8, 4) is 0 Å². The second kappa shape index (κ2) is 3.14. The van der Waals surface area contributed by atoms with E-state index in [0.29, 0.717) is 22.0 Å². The van der Waals surface area contributed by atoms with Crippen molar-refractivity contribution < 1.29 is 10.2 Å². The van der Waals surface area contributed by atoms with Crippen LogP contribution in [0.3, 0.4) is 0 Å². The van der Waals surface area contributed by atoms with Gasteiger partial charge < -0.3 is 10.2 Å². The van der Waals surface area contributed by atoms with Crippen LogP contribution in [0.2, 0.25) is 10.0 Å². The number of aliphatic hydroxyl groups is 2. The summed E-state index contributed by atoms with van der Waals surface area (Å²) in [6, 6.07) is 3.30. The third-order valence-corrected chi connectivity index (χ3v) is 2.80. The molecule has 0 bridgehead atoms. The summed E-state index contributed by atoms with van der Waals surface area (Å²) < 4.78 is 0. The third-order valence-electron chi connectivity index (χ3n) is 2.27. The highest BCUT2D eigenvalue weighted by atomic mass is 35.5. The highest BCUT2D eigenvalue weighted by Gasteiger charge is 2.31. The fraction of sp³-hybridized carbons (Fsp3) is 0.333. The summed E-state index contributed by atoms with van der Waals surface area (Å²) in [6.45, 7) is 0. The summed E-state index contributed by atoms with van der Waals surface area (Å²) in [7, 11) is 0. The summed E-state index contributed by atoms with van der Waals surface area (Å²) in [5.74, 6) is 0. The summed E-state index contributed by atoms with van der Waals surface area (Å²) in [5.41, 5.74) is 1.44. The van der Waals surface area contributed by atoms with Gasteiger partial charge in [-0.05, 0) is 17.7 Å². The quantitative estimate of drug-likeness (QED) is 0.699. The first-order chi connectivity index (χ1) is 6.09. The van der Waals surface area contributed by atoms with E-state index in [9.17, 15) is 10.2 Å².